The van der Waals surface area contributed by atoms with Crippen LogP contribution in [0.1, 0.15) is 24.0 Å². The first-order valence-corrected chi connectivity index (χ1v) is 8.34. The zero-order valence-corrected chi connectivity index (χ0v) is 15.3. The average molecular weight is 343 g/mol. The van der Waals surface area contributed by atoms with E-state index >= 15 is 0 Å². The number of hydrogen-bond acceptors (Lipinski definition) is 2. The van der Waals surface area contributed by atoms with Gasteiger partial charge in [0.15, 0.2) is 5.96 Å². The Morgan fingerprint density at radius 1 is 1.24 bits per heavy atom. The Morgan fingerprint density at radius 3 is 2.68 bits per heavy atom. The van der Waals surface area contributed by atoms with Crippen LogP contribution in [0.3, 0.4) is 0 Å². The van der Waals surface area contributed by atoms with Gasteiger partial charge >= 0.3 is 0 Å². The highest BCUT2D eigenvalue weighted by Crippen LogP contribution is 2.25. The molecule has 0 heterocycles. The Balaban J connectivity index is 1.97. The summed E-state index contributed by atoms with van der Waals surface area (Å²) in [5.74, 6) is 1.69. The van der Waals surface area contributed by atoms with Crippen molar-refractivity contribution in [3.05, 3.63) is 65.5 Å². The van der Waals surface area contributed by atoms with Gasteiger partial charge in [0.25, 0.3) is 0 Å². The van der Waals surface area contributed by atoms with Gasteiger partial charge in [-0.25, -0.2) is 4.39 Å². The number of halogens is 1. The first-order valence-electron chi connectivity index (χ1n) is 8.34. The van der Waals surface area contributed by atoms with Gasteiger partial charge in [-0.15, -0.1) is 0 Å². The van der Waals surface area contributed by atoms with E-state index in [-0.39, 0.29) is 11.7 Å². The van der Waals surface area contributed by atoms with E-state index in [9.17, 15) is 4.39 Å². The molecule has 25 heavy (non-hydrogen) atoms. The molecule has 134 valence electrons. The van der Waals surface area contributed by atoms with Crippen LogP contribution >= 0.6 is 0 Å². The Labute approximate surface area is 149 Å². The second-order valence-electron chi connectivity index (χ2n) is 6.06. The number of methoxy groups -OCH3 is 1. The molecule has 0 amide bonds. The minimum absolute atomic E-state index is 0.223. The number of ether oxygens (including phenoxy) is 1. The largest absolute Gasteiger partial charge is 0.496 e. The number of rotatable bonds is 6. The van der Waals surface area contributed by atoms with Gasteiger partial charge < -0.3 is 15.0 Å². The fourth-order valence-electron chi connectivity index (χ4n) is 2.80. The lowest BCUT2D eigenvalue weighted by atomic mass is 10.0. The van der Waals surface area contributed by atoms with E-state index in [1.807, 2.05) is 36.2 Å². The minimum atomic E-state index is -0.223. The molecule has 1 N–H and O–H groups in total. The number of aliphatic imine (C=N–C) groups is 1. The molecule has 1 unspecified atom stereocenters. The van der Waals surface area contributed by atoms with Crippen LogP contribution in [0.25, 0.3) is 0 Å². The first kappa shape index (κ1) is 18.8. The number of benzene rings is 2. The van der Waals surface area contributed by atoms with Gasteiger partial charge in [-0.05, 0) is 29.3 Å². The summed E-state index contributed by atoms with van der Waals surface area (Å²) in [7, 11) is 5.37. The molecule has 0 saturated heterocycles. The number of nitrogens with one attached hydrogen (secondary N) is 1. The zero-order chi connectivity index (χ0) is 18.2. The summed E-state index contributed by atoms with van der Waals surface area (Å²) in [6.07, 6.45) is 0. The summed E-state index contributed by atoms with van der Waals surface area (Å²) >= 11 is 0. The van der Waals surface area contributed by atoms with Crippen LogP contribution in [-0.2, 0) is 6.54 Å². The summed E-state index contributed by atoms with van der Waals surface area (Å²) in [5, 5.41) is 3.38. The van der Waals surface area contributed by atoms with Crippen LogP contribution in [-0.4, -0.2) is 38.6 Å². The number of guanidine groups is 1. The third-order valence-corrected chi connectivity index (χ3v) is 4.12. The monoisotopic (exact) mass is 343 g/mol. The van der Waals surface area contributed by atoms with Crippen LogP contribution in [0, 0.1) is 5.82 Å². The van der Waals surface area contributed by atoms with Gasteiger partial charge in [-0.1, -0.05) is 37.3 Å². The van der Waals surface area contributed by atoms with E-state index in [1.54, 1.807) is 26.3 Å². The Hall–Kier alpha value is -2.56. The second-order valence-corrected chi connectivity index (χ2v) is 6.06. The molecule has 5 heteroatoms. The van der Waals surface area contributed by atoms with Crippen molar-refractivity contribution in [3.8, 4) is 5.75 Å². The van der Waals surface area contributed by atoms with E-state index in [1.165, 1.54) is 6.07 Å². The predicted molar refractivity (Wildman–Crippen MR) is 101 cm³/mol. The van der Waals surface area contributed by atoms with Gasteiger partial charge in [0.05, 0.1) is 7.11 Å². The van der Waals surface area contributed by atoms with E-state index < -0.39 is 0 Å². The summed E-state index contributed by atoms with van der Waals surface area (Å²) in [6.45, 7) is 3.45. The Kier molecular flexibility index (Phi) is 6.81. The quantitative estimate of drug-likeness (QED) is 0.643. The standard InChI is InChI=1S/C20H26FN3O/c1-15(18-10-5-6-11-19(18)25-4)13-23-20(22-2)24(3)14-16-8-7-9-17(21)12-16/h5-12,15H,13-14H2,1-4H3,(H,22,23). The molecule has 0 radical (unpaired) electrons. The highest BCUT2D eigenvalue weighted by molar-refractivity contribution is 5.79. The Bertz CT molecular complexity index is 718. The van der Waals surface area contributed by atoms with Crippen molar-refractivity contribution >= 4 is 5.96 Å². The van der Waals surface area contributed by atoms with Crippen LogP contribution in [0.4, 0.5) is 4.39 Å². The molecule has 0 aromatic heterocycles. The second kappa shape index (κ2) is 9.06. The first-order chi connectivity index (χ1) is 12.0. The predicted octanol–water partition coefficient (Wildman–Crippen LogP) is 3.65. The van der Waals surface area contributed by atoms with Crippen molar-refractivity contribution in [2.24, 2.45) is 4.99 Å². The highest BCUT2D eigenvalue weighted by Gasteiger charge is 2.13. The lowest BCUT2D eigenvalue weighted by molar-refractivity contribution is 0.405. The fraction of sp³-hybridized carbons (Fsp3) is 0.350. The number of para-hydroxylation sites is 1. The SMILES string of the molecule is CN=C(NCC(C)c1ccccc1OC)N(C)Cc1cccc(F)c1. The summed E-state index contributed by atoms with van der Waals surface area (Å²) in [6, 6.07) is 14.6. The van der Waals surface area contributed by atoms with Crippen molar-refractivity contribution in [1.29, 1.82) is 0 Å². The molecule has 4 nitrogen and oxygen atoms in total. The number of hydrogen-bond donors (Lipinski definition) is 1. The van der Waals surface area contributed by atoms with Crippen molar-refractivity contribution in [2.75, 3.05) is 27.7 Å². The normalized spacial score (nSPS) is 12.6. The van der Waals surface area contributed by atoms with Crippen LogP contribution < -0.4 is 10.1 Å². The lowest BCUT2D eigenvalue weighted by Gasteiger charge is -2.24. The van der Waals surface area contributed by atoms with E-state index in [0.29, 0.717) is 6.54 Å². The maximum atomic E-state index is 13.3. The maximum absolute atomic E-state index is 13.3. The molecule has 0 aliphatic rings. The summed E-state index contributed by atoms with van der Waals surface area (Å²) in [4.78, 5) is 6.30. The Morgan fingerprint density at radius 2 is 2.00 bits per heavy atom. The summed E-state index contributed by atoms with van der Waals surface area (Å²) < 4.78 is 18.8. The van der Waals surface area contributed by atoms with Crippen molar-refractivity contribution in [1.82, 2.24) is 10.2 Å². The smallest absolute Gasteiger partial charge is 0.193 e. The van der Waals surface area contributed by atoms with E-state index in [0.717, 1.165) is 29.4 Å². The lowest BCUT2D eigenvalue weighted by Crippen LogP contribution is -2.40. The maximum Gasteiger partial charge on any atom is 0.193 e. The molecule has 0 fully saturated rings. The van der Waals surface area contributed by atoms with Crippen LogP contribution in [0.2, 0.25) is 0 Å². The van der Waals surface area contributed by atoms with E-state index in [4.69, 9.17) is 4.74 Å². The van der Waals surface area contributed by atoms with Crippen molar-refractivity contribution in [3.63, 3.8) is 0 Å². The molecule has 1 atom stereocenters. The molecule has 2 aromatic carbocycles. The van der Waals surface area contributed by atoms with Gasteiger partial charge in [0, 0.05) is 33.1 Å². The van der Waals surface area contributed by atoms with Gasteiger partial charge in [-0.2, -0.15) is 0 Å². The van der Waals surface area contributed by atoms with Crippen LogP contribution in [0.5, 0.6) is 5.75 Å². The fourth-order valence-corrected chi connectivity index (χ4v) is 2.80. The van der Waals surface area contributed by atoms with Gasteiger partial charge in [-0.3, -0.25) is 4.99 Å². The molecule has 0 saturated carbocycles. The molecular formula is C20H26FN3O. The van der Waals surface area contributed by atoms with Crippen molar-refractivity contribution in [2.45, 2.75) is 19.4 Å². The molecule has 0 spiro atoms. The zero-order valence-electron chi connectivity index (χ0n) is 15.3. The average Bonchev–Trinajstić information content (AvgIpc) is 2.62. The highest BCUT2D eigenvalue weighted by atomic mass is 19.1. The molecule has 0 bridgehead atoms. The number of nitrogens with zero attached hydrogens (tertiary/aromatic N) is 2. The van der Waals surface area contributed by atoms with Gasteiger partial charge in [0.2, 0.25) is 0 Å². The molecule has 0 aliphatic heterocycles. The third kappa shape index (κ3) is 5.21. The molecule has 2 aromatic rings. The molecule has 2 rings (SSSR count). The topological polar surface area (TPSA) is 36.9 Å². The molecular weight excluding hydrogens is 317 g/mol. The molecule has 0 aliphatic carbocycles. The van der Waals surface area contributed by atoms with Crippen molar-refractivity contribution < 1.29 is 9.13 Å². The summed E-state index contributed by atoms with van der Waals surface area (Å²) in [5.41, 5.74) is 2.06. The van der Waals surface area contributed by atoms with E-state index in [2.05, 4.69) is 23.3 Å². The third-order valence-electron chi connectivity index (χ3n) is 4.12. The minimum Gasteiger partial charge on any atom is -0.496 e. The van der Waals surface area contributed by atoms with Gasteiger partial charge in [0.1, 0.15) is 11.6 Å². The van der Waals surface area contributed by atoms with Crippen LogP contribution in [0.15, 0.2) is 53.5 Å².